The molecule has 0 atom stereocenters. The van der Waals surface area contributed by atoms with E-state index in [2.05, 4.69) is 0 Å². The summed E-state index contributed by atoms with van der Waals surface area (Å²) >= 11 is 6.24. The lowest BCUT2D eigenvalue weighted by atomic mass is 10.1. The SMILES string of the molecule is COc1ccc(CN(C(=O)/C=C/c2cc(Cl)c(OC)c(OC)c2)C2CC2)cc1. The molecule has 1 aliphatic carbocycles. The van der Waals surface area contributed by atoms with E-state index in [1.165, 1.54) is 7.11 Å². The molecule has 5 nitrogen and oxygen atoms in total. The highest BCUT2D eigenvalue weighted by atomic mass is 35.5. The van der Waals surface area contributed by atoms with Crippen LogP contribution in [0.15, 0.2) is 42.5 Å². The fraction of sp³-hybridized carbons (Fsp3) is 0.318. The summed E-state index contributed by atoms with van der Waals surface area (Å²) in [5.41, 5.74) is 1.85. The van der Waals surface area contributed by atoms with E-state index >= 15 is 0 Å². The summed E-state index contributed by atoms with van der Waals surface area (Å²) in [4.78, 5) is 14.7. The number of hydrogen-bond donors (Lipinski definition) is 0. The first-order valence-corrected chi connectivity index (χ1v) is 9.46. The molecule has 0 aliphatic heterocycles. The molecule has 0 bridgehead atoms. The van der Waals surface area contributed by atoms with Crippen molar-refractivity contribution in [2.24, 2.45) is 0 Å². The molecule has 28 heavy (non-hydrogen) atoms. The van der Waals surface area contributed by atoms with Crippen molar-refractivity contribution in [3.8, 4) is 17.2 Å². The van der Waals surface area contributed by atoms with E-state index in [1.807, 2.05) is 29.2 Å². The van der Waals surface area contributed by atoms with Crippen LogP contribution >= 0.6 is 11.6 Å². The molecule has 0 unspecified atom stereocenters. The van der Waals surface area contributed by atoms with Crippen LogP contribution in [0.25, 0.3) is 6.08 Å². The molecule has 1 saturated carbocycles. The maximum Gasteiger partial charge on any atom is 0.247 e. The summed E-state index contributed by atoms with van der Waals surface area (Å²) in [7, 11) is 4.73. The first-order valence-electron chi connectivity index (χ1n) is 9.09. The van der Waals surface area contributed by atoms with Gasteiger partial charge in [-0.15, -0.1) is 0 Å². The fourth-order valence-corrected chi connectivity index (χ4v) is 3.29. The average molecular weight is 402 g/mol. The minimum Gasteiger partial charge on any atom is -0.497 e. The largest absolute Gasteiger partial charge is 0.497 e. The number of halogens is 1. The topological polar surface area (TPSA) is 48.0 Å². The maximum absolute atomic E-state index is 12.8. The van der Waals surface area contributed by atoms with Gasteiger partial charge >= 0.3 is 0 Å². The first kappa shape index (κ1) is 20.1. The number of carbonyl (C=O) groups excluding carboxylic acids is 1. The van der Waals surface area contributed by atoms with Crippen LogP contribution in [0.3, 0.4) is 0 Å². The molecule has 0 heterocycles. The van der Waals surface area contributed by atoms with Crippen molar-refractivity contribution < 1.29 is 19.0 Å². The number of ether oxygens (including phenoxy) is 3. The minimum absolute atomic E-state index is 0.0239. The number of benzene rings is 2. The number of nitrogens with zero attached hydrogens (tertiary/aromatic N) is 1. The Balaban J connectivity index is 1.74. The van der Waals surface area contributed by atoms with Gasteiger partial charge in [0.2, 0.25) is 5.91 Å². The second-order valence-electron chi connectivity index (χ2n) is 6.62. The Hall–Kier alpha value is -2.66. The molecular formula is C22H24ClNO4. The van der Waals surface area contributed by atoms with Crippen LogP contribution in [-0.2, 0) is 11.3 Å². The molecule has 1 aliphatic rings. The van der Waals surface area contributed by atoms with Crippen LogP contribution in [0.1, 0.15) is 24.0 Å². The van der Waals surface area contributed by atoms with E-state index in [4.69, 9.17) is 25.8 Å². The van der Waals surface area contributed by atoms with Gasteiger partial charge in [-0.05, 0) is 54.3 Å². The van der Waals surface area contributed by atoms with E-state index in [-0.39, 0.29) is 5.91 Å². The number of rotatable bonds is 8. The van der Waals surface area contributed by atoms with Crippen LogP contribution in [0.4, 0.5) is 0 Å². The van der Waals surface area contributed by atoms with E-state index in [0.29, 0.717) is 29.1 Å². The van der Waals surface area contributed by atoms with Crippen molar-refractivity contribution in [2.45, 2.75) is 25.4 Å². The highest BCUT2D eigenvalue weighted by molar-refractivity contribution is 6.32. The average Bonchev–Trinajstić information content (AvgIpc) is 3.55. The van der Waals surface area contributed by atoms with Crippen LogP contribution in [0.5, 0.6) is 17.2 Å². The maximum atomic E-state index is 12.8. The molecule has 1 fully saturated rings. The van der Waals surface area contributed by atoms with Gasteiger partial charge in [-0.3, -0.25) is 4.79 Å². The fourth-order valence-electron chi connectivity index (χ4n) is 3.00. The second-order valence-corrected chi connectivity index (χ2v) is 7.02. The lowest BCUT2D eigenvalue weighted by Gasteiger charge is -2.21. The Labute approximate surface area is 170 Å². The zero-order valence-electron chi connectivity index (χ0n) is 16.3. The van der Waals surface area contributed by atoms with Gasteiger partial charge in [-0.25, -0.2) is 0 Å². The normalized spacial score (nSPS) is 13.4. The summed E-state index contributed by atoms with van der Waals surface area (Å²) in [6.45, 7) is 0.574. The lowest BCUT2D eigenvalue weighted by Crippen LogP contribution is -2.31. The van der Waals surface area contributed by atoms with Crippen molar-refractivity contribution in [3.05, 3.63) is 58.6 Å². The highest BCUT2D eigenvalue weighted by Gasteiger charge is 2.31. The number of amides is 1. The number of carbonyl (C=O) groups is 1. The molecule has 0 N–H and O–H groups in total. The monoisotopic (exact) mass is 401 g/mol. The predicted molar refractivity (Wildman–Crippen MR) is 110 cm³/mol. The molecule has 2 aromatic carbocycles. The quantitative estimate of drug-likeness (QED) is 0.608. The zero-order valence-corrected chi connectivity index (χ0v) is 17.0. The predicted octanol–water partition coefficient (Wildman–Crippen LogP) is 4.57. The Bertz CT molecular complexity index is 860. The van der Waals surface area contributed by atoms with Gasteiger partial charge in [0.15, 0.2) is 11.5 Å². The van der Waals surface area contributed by atoms with Crippen LogP contribution in [0, 0.1) is 0 Å². The van der Waals surface area contributed by atoms with Gasteiger partial charge < -0.3 is 19.1 Å². The van der Waals surface area contributed by atoms with Gasteiger partial charge in [0.1, 0.15) is 5.75 Å². The van der Waals surface area contributed by atoms with Crippen molar-refractivity contribution in [2.75, 3.05) is 21.3 Å². The Morgan fingerprint density at radius 3 is 2.39 bits per heavy atom. The van der Waals surface area contributed by atoms with E-state index in [1.54, 1.807) is 38.5 Å². The summed E-state index contributed by atoms with van der Waals surface area (Å²) in [5.74, 6) is 1.79. The first-order chi connectivity index (χ1) is 13.5. The third kappa shape index (κ3) is 4.78. The van der Waals surface area contributed by atoms with Crippen molar-refractivity contribution >= 4 is 23.6 Å². The molecular weight excluding hydrogens is 378 g/mol. The molecule has 6 heteroatoms. The smallest absolute Gasteiger partial charge is 0.247 e. The lowest BCUT2D eigenvalue weighted by molar-refractivity contribution is -0.127. The highest BCUT2D eigenvalue weighted by Crippen LogP contribution is 2.36. The molecule has 148 valence electrons. The van der Waals surface area contributed by atoms with Crippen LogP contribution < -0.4 is 14.2 Å². The summed E-state index contributed by atoms with van der Waals surface area (Å²) < 4.78 is 15.7. The van der Waals surface area contributed by atoms with Gasteiger partial charge in [0.25, 0.3) is 0 Å². The van der Waals surface area contributed by atoms with Crippen LogP contribution in [0.2, 0.25) is 5.02 Å². The molecule has 1 amide bonds. The van der Waals surface area contributed by atoms with Crippen molar-refractivity contribution in [1.29, 1.82) is 0 Å². The van der Waals surface area contributed by atoms with E-state index in [0.717, 1.165) is 29.7 Å². The summed E-state index contributed by atoms with van der Waals surface area (Å²) in [6.07, 6.45) is 5.41. The van der Waals surface area contributed by atoms with Crippen molar-refractivity contribution in [1.82, 2.24) is 4.90 Å². The number of hydrogen-bond acceptors (Lipinski definition) is 4. The van der Waals surface area contributed by atoms with Gasteiger partial charge in [0, 0.05) is 18.7 Å². The zero-order chi connectivity index (χ0) is 20.1. The number of methoxy groups -OCH3 is 3. The minimum atomic E-state index is -0.0239. The third-order valence-corrected chi connectivity index (χ3v) is 4.94. The molecule has 0 saturated heterocycles. The van der Waals surface area contributed by atoms with Gasteiger partial charge in [-0.2, -0.15) is 0 Å². The summed E-state index contributed by atoms with van der Waals surface area (Å²) in [6, 6.07) is 11.6. The standard InChI is InChI=1S/C22H24ClNO4/c1-26-18-9-4-15(5-10-18)14-24(17-7-8-17)21(25)11-6-16-12-19(23)22(28-3)20(13-16)27-2/h4-6,9-13,17H,7-8,14H2,1-3H3/b11-6+. The molecule has 0 radical (unpaired) electrons. The van der Waals surface area contributed by atoms with Crippen LogP contribution in [-0.4, -0.2) is 38.2 Å². The molecule has 3 rings (SSSR count). The molecule has 0 spiro atoms. The van der Waals surface area contributed by atoms with E-state index < -0.39 is 0 Å². The molecule has 2 aromatic rings. The van der Waals surface area contributed by atoms with Gasteiger partial charge in [-0.1, -0.05) is 23.7 Å². The van der Waals surface area contributed by atoms with Gasteiger partial charge in [0.05, 0.1) is 26.4 Å². The summed E-state index contributed by atoms with van der Waals surface area (Å²) in [5, 5.41) is 0.436. The third-order valence-electron chi connectivity index (χ3n) is 4.66. The Morgan fingerprint density at radius 2 is 1.82 bits per heavy atom. The Morgan fingerprint density at radius 1 is 1.11 bits per heavy atom. The van der Waals surface area contributed by atoms with Crippen molar-refractivity contribution in [3.63, 3.8) is 0 Å². The van der Waals surface area contributed by atoms with E-state index in [9.17, 15) is 4.79 Å². The molecule has 0 aromatic heterocycles. The second kappa shape index (κ2) is 9.02. The Kier molecular flexibility index (Phi) is 6.47.